The van der Waals surface area contributed by atoms with E-state index in [9.17, 15) is 9.59 Å². The number of likely N-dealkylation sites (tertiary alicyclic amines) is 1. The smallest absolute Gasteiger partial charge is 0.306 e. The van der Waals surface area contributed by atoms with Crippen molar-refractivity contribution in [2.75, 3.05) is 13.1 Å². The normalized spacial score (nSPS) is 24.2. The average Bonchev–Trinajstić information content (AvgIpc) is 2.27. The third-order valence-corrected chi connectivity index (χ3v) is 3.65. The van der Waals surface area contributed by atoms with Crippen LogP contribution >= 0.6 is 0 Å². The molecule has 1 heterocycles. The summed E-state index contributed by atoms with van der Waals surface area (Å²) in [6.45, 7) is 11.5. The second kappa shape index (κ2) is 6.40. The van der Waals surface area contributed by atoms with E-state index in [-0.39, 0.29) is 24.7 Å². The van der Waals surface area contributed by atoms with Gasteiger partial charge in [0, 0.05) is 19.5 Å². The molecule has 0 saturated carbocycles. The van der Waals surface area contributed by atoms with E-state index in [0.717, 1.165) is 19.5 Å². The van der Waals surface area contributed by atoms with Crippen molar-refractivity contribution in [1.82, 2.24) is 4.90 Å². The quantitative estimate of drug-likeness (QED) is 0.740. The lowest BCUT2D eigenvalue weighted by Gasteiger charge is -2.35. The first kappa shape index (κ1) is 16.0. The van der Waals surface area contributed by atoms with Gasteiger partial charge in [0.25, 0.3) is 0 Å². The van der Waals surface area contributed by atoms with Gasteiger partial charge in [-0.2, -0.15) is 0 Å². The molecule has 0 aromatic rings. The molecule has 2 unspecified atom stereocenters. The highest BCUT2D eigenvalue weighted by Gasteiger charge is 2.26. The first-order valence-corrected chi connectivity index (χ1v) is 7.18. The maximum atomic E-state index is 12.0. The summed E-state index contributed by atoms with van der Waals surface area (Å²) in [7, 11) is 0. The molecule has 19 heavy (non-hydrogen) atoms. The van der Waals surface area contributed by atoms with Crippen LogP contribution in [0.15, 0.2) is 0 Å². The van der Waals surface area contributed by atoms with E-state index >= 15 is 0 Å². The number of hydrogen-bond acceptors (Lipinski definition) is 3. The van der Waals surface area contributed by atoms with E-state index in [0.29, 0.717) is 11.8 Å². The number of carbonyl (C=O) groups is 2. The van der Waals surface area contributed by atoms with E-state index in [1.54, 1.807) is 0 Å². The van der Waals surface area contributed by atoms with Gasteiger partial charge in [0.2, 0.25) is 5.91 Å². The van der Waals surface area contributed by atoms with E-state index < -0.39 is 5.60 Å². The third-order valence-electron chi connectivity index (χ3n) is 3.65. The zero-order chi connectivity index (χ0) is 14.6. The van der Waals surface area contributed by atoms with E-state index in [4.69, 9.17) is 4.74 Å². The van der Waals surface area contributed by atoms with Crippen LogP contribution in [0.5, 0.6) is 0 Å². The molecule has 4 heteroatoms. The van der Waals surface area contributed by atoms with Crippen molar-refractivity contribution in [1.29, 1.82) is 0 Å². The predicted octanol–water partition coefficient (Wildman–Crippen LogP) is 2.61. The standard InChI is InChI=1S/C15H27NO3/c1-11-8-9-16(10-12(11)2)13(17)6-7-14(18)19-15(3,4)5/h11-12H,6-10H2,1-5H3. The molecule has 1 amide bonds. The lowest BCUT2D eigenvalue weighted by Crippen LogP contribution is -2.42. The molecule has 0 N–H and O–H groups in total. The summed E-state index contributed by atoms with van der Waals surface area (Å²) in [6, 6.07) is 0. The van der Waals surface area contributed by atoms with Crippen molar-refractivity contribution in [2.45, 2.75) is 59.5 Å². The highest BCUT2D eigenvalue weighted by atomic mass is 16.6. The molecule has 0 aliphatic carbocycles. The molecule has 1 rings (SSSR count). The van der Waals surface area contributed by atoms with Crippen molar-refractivity contribution in [3.63, 3.8) is 0 Å². The van der Waals surface area contributed by atoms with Crippen LogP contribution in [0.25, 0.3) is 0 Å². The Labute approximate surface area is 116 Å². The first-order valence-electron chi connectivity index (χ1n) is 7.18. The van der Waals surface area contributed by atoms with Crippen LogP contribution in [0.2, 0.25) is 0 Å². The summed E-state index contributed by atoms with van der Waals surface area (Å²) >= 11 is 0. The summed E-state index contributed by atoms with van der Waals surface area (Å²) < 4.78 is 5.20. The molecule has 0 aromatic carbocycles. The van der Waals surface area contributed by atoms with E-state index in [2.05, 4.69) is 13.8 Å². The van der Waals surface area contributed by atoms with Gasteiger partial charge in [-0.15, -0.1) is 0 Å². The van der Waals surface area contributed by atoms with Crippen molar-refractivity contribution in [3.05, 3.63) is 0 Å². The minimum absolute atomic E-state index is 0.0737. The molecule has 0 aromatic heterocycles. The third kappa shape index (κ3) is 5.62. The molecular formula is C15H27NO3. The van der Waals surface area contributed by atoms with Gasteiger partial charge in [-0.3, -0.25) is 9.59 Å². The number of nitrogens with zero attached hydrogens (tertiary/aromatic N) is 1. The minimum Gasteiger partial charge on any atom is -0.460 e. The Morgan fingerprint density at radius 1 is 1.16 bits per heavy atom. The van der Waals surface area contributed by atoms with Crippen LogP contribution in [0.4, 0.5) is 0 Å². The number of esters is 1. The summed E-state index contributed by atoms with van der Waals surface area (Å²) in [5.41, 5.74) is -0.477. The Bertz CT molecular complexity index is 333. The second-order valence-corrected chi connectivity index (χ2v) is 6.67. The number of piperidine rings is 1. The molecule has 0 bridgehead atoms. The Hall–Kier alpha value is -1.06. The van der Waals surface area contributed by atoms with Crippen molar-refractivity contribution in [2.24, 2.45) is 11.8 Å². The van der Waals surface area contributed by atoms with Crippen LogP contribution in [0.1, 0.15) is 53.9 Å². The van der Waals surface area contributed by atoms with Gasteiger partial charge in [0.05, 0.1) is 6.42 Å². The second-order valence-electron chi connectivity index (χ2n) is 6.67. The fourth-order valence-electron chi connectivity index (χ4n) is 2.25. The molecule has 4 nitrogen and oxygen atoms in total. The maximum absolute atomic E-state index is 12.0. The number of hydrogen-bond donors (Lipinski definition) is 0. The predicted molar refractivity (Wildman–Crippen MR) is 74.6 cm³/mol. The number of amides is 1. The number of rotatable bonds is 3. The first-order chi connectivity index (χ1) is 8.69. The Balaban J connectivity index is 2.34. The van der Waals surface area contributed by atoms with Gasteiger partial charge in [-0.1, -0.05) is 13.8 Å². The van der Waals surface area contributed by atoms with Gasteiger partial charge in [-0.05, 0) is 39.0 Å². The van der Waals surface area contributed by atoms with E-state index in [1.807, 2.05) is 25.7 Å². The molecule has 1 aliphatic rings. The summed E-state index contributed by atoms with van der Waals surface area (Å²) in [6.07, 6.45) is 1.49. The van der Waals surface area contributed by atoms with Crippen LogP contribution in [0.3, 0.4) is 0 Å². The zero-order valence-corrected chi connectivity index (χ0v) is 12.9. The van der Waals surface area contributed by atoms with Crippen LogP contribution in [0, 0.1) is 11.8 Å². The highest BCUT2D eigenvalue weighted by molar-refractivity contribution is 5.81. The van der Waals surface area contributed by atoms with Gasteiger partial charge in [0.1, 0.15) is 5.60 Å². The molecular weight excluding hydrogens is 242 g/mol. The Morgan fingerprint density at radius 3 is 2.32 bits per heavy atom. The Morgan fingerprint density at radius 2 is 1.79 bits per heavy atom. The summed E-state index contributed by atoms with van der Waals surface area (Å²) in [5.74, 6) is 0.998. The fraction of sp³-hybridized carbons (Fsp3) is 0.867. The Kier molecular flexibility index (Phi) is 5.39. The van der Waals surface area contributed by atoms with E-state index in [1.165, 1.54) is 0 Å². The zero-order valence-electron chi connectivity index (χ0n) is 12.9. The van der Waals surface area contributed by atoms with Crippen molar-refractivity contribution < 1.29 is 14.3 Å². The molecule has 0 spiro atoms. The topological polar surface area (TPSA) is 46.6 Å². The monoisotopic (exact) mass is 269 g/mol. The van der Waals surface area contributed by atoms with Gasteiger partial charge >= 0.3 is 5.97 Å². The molecule has 2 atom stereocenters. The molecule has 110 valence electrons. The van der Waals surface area contributed by atoms with Gasteiger partial charge < -0.3 is 9.64 Å². The molecule has 1 saturated heterocycles. The largest absolute Gasteiger partial charge is 0.460 e. The number of ether oxygens (including phenoxy) is 1. The van der Waals surface area contributed by atoms with Gasteiger partial charge in [0.15, 0.2) is 0 Å². The summed E-state index contributed by atoms with van der Waals surface area (Å²) in [5, 5.41) is 0. The van der Waals surface area contributed by atoms with Gasteiger partial charge in [-0.25, -0.2) is 0 Å². The van der Waals surface area contributed by atoms with Crippen LogP contribution in [-0.4, -0.2) is 35.5 Å². The SMILES string of the molecule is CC1CCN(C(=O)CCC(=O)OC(C)(C)C)CC1C. The maximum Gasteiger partial charge on any atom is 0.306 e. The minimum atomic E-state index is -0.477. The lowest BCUT2D eigenvalue weighted by atomic mass is 9.88. The highest BCUT2D eigenvalue weighted by Crippen LogP contribution is 2.23. The van der Waals surface area contributed by atoms with Crippen molar-refractivity contribution >= 4 is 11.9 Å². The lowest BCUT2D eigenvalue weighted by molar-refractivity contribution is -0.156. The molecule has 1 aliphatic heterocycles. The number of carbonyl (C=O) groups excluding carboxylic acids is 2. The van der Waals surface area contributed by atoms with Crippen molar-refractivity contribution in [3.8, 4) is 0 Å². The van der Waals surface area contributed by atoms with Crippen LogP contribution < -0.4 is 0 Å². The molecule has 1 fully saturated rings. The average molecular weight is 269 g/mol. The fourth-order valence-corrected chi connectivity index (χ4v) is 2.25. The summed E-state index contributed by atoms with van der Waals surface area (Å²) in [4.78, 5) is 25.5. The molecule has 0 radical (unpaired) electrons. The van der Waals surface area contributed by atoms with Crippen LogP contribution in [-0.2, 0) is 14.3 Å².